The van der Waals surface area contributed by atoms with Gasteiger partial charge in [-0.25, -0.2) is 9.37 Å². The van der Waals surface area contributed by atoms with Crippen LogP contribution in [0.3, 0.4) is 0 Å². The van der Waals surface area contributed by atoms with Gasteiger partial charge < -0.3 is 10.2 Å². The molecule has 1 fully saturated rings. The quantitative estimate of drug-likeness (QED) is 0.321. The Bertz CT molecular complexity index is 1260. The van der Waals surface area contributed by atoms with Crippen LogP contribution >= 0.6 is 11.9 Å². The Hall–Kier alpha value is -2.85. The highest BCUT2D eigenvalue weighted by molar-refractivity contribution is 7.97. The second-order valence-electron chi connectivity index (χ2n) is 8.76. The van der Waals surface area contributed by atoms with Gasteiger partial charge in [-0.1, -0.05) is 0 Å². The lowest BCUT2D eigenvalue weighted by atomic mass is 10.0. The standard InChI is InChI=1S/C25H26F4N4OS/c1-14-10-17(19(26)12-22(14)35-30)15(2)31-24(34)16-6-7-20-18(11-16)21(33-8-4-3-5-9-33)13-23(32-20)25(27,28)29/h6-7,10-13,15H,3-5,8-9,30H2,1-2H3,(H,31,34). The van der Waals surface area contributed by atoms with Gasteiger partial charge in [-0.2, -0.15) is 13.2 Å². The van der Waals surface area contributed by atoms with Crippen LogP contribution in [0.2, 0.25) is 0 Å². The van der Waals surface area contributed by atoms with Gasteiger partial charge in [0.1, 0.15) is 11.5 Å². The van der Waals surface area contributed by atoms with Crippen LogP contribution < -0.4 is 15.4 Å². The van der Waals surface area contributed by atoms with Crippen LogP contribution in [0, 0.1) is 12.7 Å². The summed E-state index contributed by atoms with van der Waals surface area (Å²) < 4.78 is 55.1. The van der Waals surface area contributed by atoms with Gasteiger partial charge in [-0.15, -0.1) is 0 Å². The number of anilines is 1. The molecular formula is C25H26F4N4OS. The van der Waals surface area contributed by atoms with Crippen molar-refractivity contribution in [3.63, 3.8) is 0 Å². The molecule has 2 aromatic carbocycles. The zero-order chi connectivity index (χ0) is 25.3. The molecule has 3 N–H and O–H groups in total. The number of carbonyl (C=O) groups excluding carboxylic acids is 1. The number of aromatic nitrogens is 1. The smallest absolute Gasteiger partial charge is 0.371 e. The number of benzene rings is 2. The van der Waals surface area contributed by atoms with Gasteiger partial charge in [0.05, 0.1) is 11.6 Å². The molecule has 1 aromatic heterocycles. The maximum atomic E-state index is 14.6. The van der Waals surface area contributed by atoms with Crippen LogP contribution in [0.1, 0.15) is 59.4 Å². The second-order valence-corrected chi connectivity index (χ2v) is 9.43. The van der Waals surface area contributed by atoms with Crippen LogP contribution in [-0.2, 0) is 6.18 Å². The summed E-state index contributed by atoms with van der Waals surface area (Å²) in [5.74, 6) is -0.940. The number of rotatable bonds is 5. The van der Waals surface area contributed by atoms with Crippen molar-refractivity contribution < 1.29 is 22.4 Å². The van der Waals surface area contributed by atoms with Crippen molar-refractivity contribution in [3.8, 4) is 0 Å². The van der Waals surface area contributed by atoms with E-state index in [4.69, 9.17) is 5.14 Å². The van der Waals surface area contributed by atoms with E-state index in [0.29, 0.717) is 34.6 Å². The molecule has 3 aromatic rings. The lowest BCUT2D eigenvalue weighted by molar-refractivity contribution is -0.140. The number of amides is 1. The van der Waals surface area contributed by atoms with Crippen molar-refractivity contribution in [1.29, 1.82) is 0 Å². The summed E-state index contributed by atoms with van der Waals surface area (Å²) >= 11 is 0.950. The number of pyridine rings is 1. The van der Waals surface area contributed by atoms with Gasteiger partial charge in [-0.3, -0.25) is 9.93 Å². The highest BCUT2D eigenvalue weighted by Crippen LogP contribution is 2.36. The van der Waals surface area contributed by atoms with Crippen molar-refractivity contribution in [2.75, 3.05) is 18.0 Å². The molecule has 186 valence electrons. The molecule has 1 atom stereocenters. The molecule has 1 aliphatic rings. The molecule has 4 rings (SSSR count). The van der Waals surface area contributed by atoms with Gasteiger partial charge in [-0.05, 0) is 87.0 Å². The Morgan fingerprint density at radius 3 is 2.51 bits per heavy atom. The number of alkyl halides is 3. The maximum Gasteiger partial charge on any atom is 0.433 e. The summed E-state index contributed by atoms with van der Waals surface area (Å²) in [5.41, 5.74) is 0.998. The zero-order valence-corrected chi connectivity index (χ0v) is 20.2. The van der Waals surface area contributed by atoms with Crippen LogP contribution in [-0.4, -0.2) is 24.0 Å². The van der Waals surface area contributed by atoms with E-state index < -0.39 is 29.6 Å². The van der Waals surface area contributed by atoms with Gasteiger partial charge in [0, 0.05) is 40.2 Å². The van der Waals surface area contributed by atoms with Gasteiger partial charge in [0.25, 0.3) is 5.91 Å². The van der Waals surface area contributed by atoms with Crippen molar-refractivity contribution in [1.82, 2.24) is 10.3 Å². The molecule has 0 aliphatic carbocycles. The highest BCUT2D eigenvalue weighted by Gasteiger charge is 2.34. The number of halogens is 4. The Labute approximate surface area is 205 Å². The van der Waals surface area contributed by atoms with Crippen molar-refractivity contribution in [2.45, 2.75) is 50.2 Å². The topological polar surface area (TPSA) is 71.2 Å². The highest BCUT2D eigenvalue weighted by atomic mass is 32.2. The minimum absolute atomic E-state index is 0.168. The number of fused-ring (bicyclic) bond motifs is 1. The Morgan fingerprint density at radius 1 is 1.14 bits per heavy atom. The first-order valence-electron chi connectivity index (χ1n) is 11.3. The number of hydrogen-bond donors (Lipinski definition) is 2. The summed E-state index contributed by atoms with van der Waals surface area (Å²) in [4.78, 5) is 19.4. The van der Waals surface area contributed by atoms with E-state index in [9.17, 15) is 22.4 Å². The average molecular weight is 507 g/mol. The molecular weight excluding hydrogens is 480 g/mol. The van der Waals surface area contributed by atoms with E-state index >= 15 is 0 Å². The van der Waals surface area contributed by atoms with Crippen LogP contribution in [0.15, 0.2) is 41.3 Å². The van der Waals surface area contributed by atoms with Crippen LogP contribution in [0.25, 0.3) is 10.9 Å². The Balaban J connectivity index is 1.68. The molecule has 1 unspecified atom stereocenters. The van der Waals surface area contributed by atoms with E-state index in [-0.39, 0.29) is 11.1 Å². The molecule has 1 amide bonds. The first kappa shape index (κ1) is 25.2. The SMILES string of the molecule is Cc1cc(C(C)NC(=O)c2ccc3nc(C(F)(F)F)cc(N4CCCCC4)c3c2)c(F)cc1SN. The van der Waals surface area contributed by atoms with Gasteiger partial charge in [0.15, 0.2) is 0 Å². The number of nitrogens with zero attached hydrogens (tertiary/aromatic N) is 2. The number of carbonyl (C=O) groups is 1. The minimum atomic E-state index is -4.58. The number of piperidine rings is 1. The summed E-state index contributed by atoms with van der Waals surface area (Å²) in [7, 11) is 0. The predicted octanol–water partition coefficient (Wildman–Crippen LogP) is 6.15. The van der Waals surface area contributed by atoms with Gasteiger partial charge >= 0.3 is 6.18 Å². The molecule has 1 saturated heterocycles. The van der Waals surface area contributed by atoms with Crippen molar-refractivity contribution in [3.05, 3.63) is 64.6 Å². The summed E-state index contributed by atoms with van der Waals surface area (Å²) in [6.45, 7) is 4.75. The normalized spacial score (nSPS) is 15.3. The third kappa shape index (κ3) is 5.38. The molecule has 0 radical (unpaired) electrons. The largest absolute Gasteiger partial charge is 0.433 e. The number of nitrogens with one attached hydrogen (secondary N) is 1. The molecule has 0 saturated carbocycles. The van der Waals surface area contributed by atoms with E-state index in [1.165, 1.54) is 18.2 Å². The number of nitrogens with two attached hydrogens (primary N) is 1. The van der Waals surface area contributed by atoms with Crippen molar-refractivity contribution in [2.24, 2.45) is 5.14 Å². The number of aryl methyl sites for hydroxylation is 1. The van der Waals surface area contributed by atoms with Gasteiger partial charge in [0.2, 0.25) is 0 Å². The predicted molar refractivity (Wildman–Crippen MR) is 130 cm³/mol. The molecule has 10 heteroatoms. The molecule has 35 heavy (non-hydrogen) atoms. The molecule has 2 heterocycles. The third-order valence-corrected chi connectivity index (χ3v) is 6.97. The molecule has 5 nitrogen and oxygen atoms in total. The molecule has 1 aliphatic heterocycles. The Morgan fingerprint density at radius 2 is 1.86 bits per heavy atom. The summed E-state index contributed by atoms with van der Waals surface area (Å²) in [5, 5.41) is 8.82. The minimum Gasteiger partial charge on any atom is -0.371 e. The number of hydrogen-bond acceptors (Lipinski definition) is 5. The molecule has 0 spiro atoms. The lowest BCUT2D eigenvalue weighted by Gasteiger charge is -2.30. The monoisotopic (exact) mass is 506 g/mol. The first-order chi connectivity index (χ1) is 16.6. The lowest BCUT2D eigenvalue weighted by Crippen LogP contribution is -2.30. The Kier molecular flexibility index (Phi) is 7.23. The maximum absolute atomic E-state index is 14.6. The summed E-state index contributed by atoms with van der Waals surface area (Å²) in [6.07, 6.45) is -1.78. The van der Waals surface area contributed by atoms with E-state index in [0.717, 1.165) is 42.8 Å². The fourth-order valence-corrected chi connectivity index (χ4v) is 4.81. The first-order valence-corrected chi connectivity index (χ1v) is 12.2. The van der Waals surface area contributed by atoms with Crippen LogP contribution in [0.4, 0.5) is 23.2 Å². The fourth-order valence-electron chi connectivity index (χ4n) is 4.39. The van der Waals surface area contributed by atoms with E-state index in [1.807, 2.05) is 4.90 Å². The third-order valence-electron chi connectivity index (χ3n) is 6.27. The van der Waals surface area contributed by atoms with E-state index in [1.54, 1.807) is 26.0 Å². The van der Waals surface area contributed by atoms with Crippen LogP contribution in [0.5, 0.6) is 0 Å². The average Bonchev–Trinajstić information content (AvgIpc) is 2.83. The zero-order valence-electron chi connectivity index (χ0n) is 19.4. The molecule has 0 bridgehead atoms. The van der Waals surface area contributed by atoms with Crippen molar-refractivity contribution >= 4 is 34.4 Å². The summed E-state index contributed by atoms with van der Waals surface area (Å²) in [6, 6.07) is 7.83. The second kappa shape index (κ2) is 10.0. The van der Waals surface area contributed by atoms with E-state index in [2.05, 4.69) is 10.3 Å². The fraction of sp³-hybridized carbons (Fsp3) is 0.360.